The van der Waals surface area contributed by atoms with E-state index in [-0.39, 0.29) is 12.5 Å². The quantitative estimate of drug-likeness (QED) is 0.672. The van der Waals surface area contributed by atoms with Gasteiger partial charge in [-0.3, -0.25) is 9.69 Å². The van der Waals surface area contributed by atoms with Gasteiger partial charge in [-0.2, -0.15) is 4.31 Å². The van der Waals surface area contributed by atoms with Crippen molar-refractivity contribution in [3.05, 3.63) is 29.8 Å². The average molecular weight is 437 g/mol. The first kappa shape index (κ1) is 23.2. The Morgan fingerprint density at radius 2 is 1.60 bits per heavy atom. The van der Waals surface area contributed by atoms with Crippen molar-refractivity contribution in [3.63, 3.8) is 0 Å². The summed E-state index contributed by atoms with van der Waals surface area (Å²) in [6.45, 7) is 11.0. The van der Waals surface area contributed by atoms with Gasteiger partial charge in [0, 0.05) is 52.4 Å². The van der Waals surface area contributed by atoms with Crippen molar-refractivity contribution < 1.29 is 13.2 Å². The Morgan fingerprint density at radius 3 is 2.27 bits per heavy atom. The summed E-state index contributed by atoms with van der Waals surface area (Å²) >= 11 is 0. The highest BCUT2D eigenvalue weighted by Gasteiger charge is 2.28. The third kappa shape index (κ3) is 6.26. The van der Waals surface area contributed by atoms with Gasteiger partial charge in [0.15, 0.2) is 0 Å². The normalized spacial score (nSPS) is 19.8. The highest BCUT2D eigenvalue weighted by atomic mass is 32.2. The number of sulfonamides is 1. The monoisotopic (exact) mass is 436 g/mol. The summed E-state index contributed by atoms with van der Waals surface area (Å²) in [6.07, 6.45) is 2.89. The number of carbonyl (C=O) groups excluding carboxylic acids is 1. The molecule has 30 heavy (non-hydrogen) atoms. The van der Waals surface area contributed by atoms with Crippen molar-refractivity contribution in [1.82, 2.24) is 19.4 Å². The van der Waals surface area contributed by atoms with Crippen molar-refractivity contribution >= 4 is 15.9 Å². The molecule has 0 aliphatic carbocycles. The fourth-order valence-corrected chi connectivity index (χ4v) is 5.98. The van der Waals surface area contributed by atoms with Crippen LogP contribution in [0.15, 0.2) is 29.2 Å². The molecule has 2 aliphatic rings. The number of benzene rings is 1. The number of hydrogen-bond acceptors (Lipinski definition) is 5. The van der Waals surface area contributed by atoms with E-state index in [1.54, 1.807) is 22.5 Å². The first-order valence-electron chi connectivity index (χ1n) is 11.2. The lowest BCUT2D eigenvalue weighted by molar-refractivity contribution is -0.122. The van der Waals surface area contributed by atoms with Crippen molar-refractivity contribution in [2.45, 2.75) is 44.6 Å². The Hall–Kier alpha value is -1.48. The summed E-state index contributed by atoms with van der Waals surface area (Å²) in [5.41, 5.74) is 0.651. The van der Waals surface area contributed by atoms with E-state index in [0.717, 1.165) is 52.0 Å². The average Bonchev–Trinajstić information content (AvgIpc) is 2.74. The van der Waals surface area contributed by atoms with E-state index in [1.165, 1.54) is 0 Å². The molecular formula is C22H36N4O3S. The summed E-state index contributed by atoms with van der Waals surface area (Å²) < 4.78 is 27.7. The molecule has 0 aromatic heterocycles. The van der Waals surface area contributed by atoms with Gasteiger partial charge in [0.2, 0.25) is 15.9 Å². The number of nitrogens with one attached hydrogen (secondary N) is 1. The molecule has 3 rings (SSSR count). The maximum absolute atomic E-state index is 13.1. The van der Waals surface area contributed by atoms with E-state index in [0.29, 0.717) is 36.0 Å². The molecule has 0 radical (unpaired) electrons. The van der Waals surface area contributed by atoms with Gasteiger partial charge in [-0.1, -0.05) is 38.5 Å². The largest absolute Gasteiger partial charge is 0.351 e. The van der Waals surface area contributed by atoms with Gasteiger partial charge in [-0.25, -0.2) is 8.42 Å². The summed E-state index contributed by atoms with van der Waals surface area (Å²) in [5, 5.41) is 2.93. The lowest BCUT2D eigenvalue weighted by Crippen LogP contribution is -2.50. The Labute approximate surface area is 181 Å². The fraction of sp³-hybridized carbons (Fsp3) is 0.682. The van der Waals surface area contributed by atoms with E-state index < -0.39 is 10.0 Å². The minimum Gasteiger partial charge on any atom is -0.351 e. The van der Waals surface area contributed by atoms with Crippen molar-refractivity contribution in [2.75, 3.05) is 52.4 Å². The predicted molar refractivity (Wildman–Crippen MR) is 119 cm³/mol. The number of piperazine rings is 1. The first-order valence-corrected chi connectivity index (χ1v) is 12.6. The molecular weight excluding hydrogens is 400 g/mol. The molecule has 0 spiro atoms. The fourth-order valence-electron chi connectivity index (χ4n) is 4.25. The molecule has 2 fully saturated rings. The molecule has 0 bridgehead atoms. The molecule has 1 aromatic carbocycles. The van der Waals surface area contributed by atoms with Gasteiger partial charge in [0.1, 0.15) is 0 Å². The zero-order chi connectivity index (χ0) is 21.6. The SMILES string of the molecule is CC(C)CN1CCN(CC(=O)NCc2ccccc2S(=O)(=O)N2CCCCC2)CC1. The van der Waals surface area contributed by atoms with Crippen molar-refractivity contribution in [3.8, 4) is 0 Å². The minimum absolute atomic E-state index is 0.0579. The maximum Gasteiger partial charge on any atom is 0.243 e. The molecule has 2 aliphatic heterocycles. The third-order valence-corrected chi connectivity index (χ3v) is 7.84. The zero-order valence-corrected chi connectivity index (χ0v) is 19.2. The standard InChI is InChI=1S/C22H36N4O3S/c1-19(2)17-24-12-14-25(15-13-24)18-22(27)23-16-20-8-4-5-9-21(20)30(28,29)26-10-6-3-7-11-26/h4-5,8-9,19H,3,6-7,10-18H2,1-2H3,(H,23,27). The number of carbonyl (C=O) groups is 1. The van der Waals surface area contributed by atoms with Gasteiger partial charge < -0.3 is 10.2 Å². The number of amides is 1. The molecule has 2 heterocycles. The number of nitrogens with zero attached hydrogens (tertiary/aromatic N) is 3. The second-order valence-electron chi connectivity index (χ2n) is 8.82. The van der Waals surface area contributed by atoms with Gasteiger partial charge >= 0.3 is 0 Å². The van der Waals surface area contributed by atoms with E-state index >= 15 is 0 Å². The molecule has 8 heteroatoms. The van der Waals surface area contributed by atoms with E-state index in [1.807, 2.05) is 6.07 Å². The van der Waals surface area contributed by atoms with Crippen molar-refractivity contribution in [2.24, 2.45) is 5.92 Å². The van der Waals surface area contributed by atoms with Crippen LogP contribution in [0.3, 0.4) is 0 Å². The number of rotatable bonds is 8. The molecule has 0 atom stereocenters. The Morgan fingerprint density at radius 1 is 0.967 bits per heavy atom. The molecule has 1 aromatic rings. The van der Waals surface area contributed by atoms with Crippen LogP contribution >= 0.6 is 0 Å². The molecule has 0 saturated carbocycles. The van der Waals surface area contributed by atoms with Crippen LogP contribution in [0.4, 0.5) is 0 Å². The van der Waals surface area contributed by atoms with Crippen LogP contribution in [-0.4, -0.2) is 80.8 Å². The lowest BCUT2D eigenvalue weighted by Gasteiger charge is -2.35. The smallest absolute Gasteiger partial charge is 0.243 e. The second-order valence-corrected chi connectivity index (χ2v) is 10.7. The number of piperidine rings is 1. The van der Waals surface area contributed by atoms with Gasteiger partial charge in [0.05, 0.1) is 11.4 Å². The van der Waals surface area contributed by atoms with Crippen LogP contribution in [-0.2, 0) is 21.4 Å². The van der Waals surface area contributed by atoms with Crippen LogP contribution in [0.1, 0.15) is 38.7 Å². The molecule has 7 nitrogen and oxygen atoms in total. The van der Waals surface area contributed by atoms with Gasteiger partial charge in [0.25, 0.3) is 0 Å². The van der Waals surface area contributed by atoms with Crippen LogP contribution in [0.2, 0.25) is 0 Å². The topological polar surface area (TPSA) is 73.0 Å². The highest BCUT2D eigenvalue weighted by Crippen LogP contribution is 2.23. The first-order chi connectivity index (χ1) is 14.4. The molecule has 2 saturated heterocycles. The van der Waals surface area contributed by atoms with Crippen molar-refractivity contribution in [1.29, 1.82) is 0 Å². The van der Waals surface area contributed by atoms with Crippen LogP contribution in [0.25, 0.3) is 0 Å². The minimum atomic E-state index is -3.52. The third-order valence-electron chi connectivity index (χ3n) is 5.84. The van der Waals surface area contributed by atoms with Gasteiger partial charge in [-0.15, -0.1) is 0 Å². The van der Waals surface area contributed by atoms with E-state index in [9.17, 15) is 13.2 Å². The van der Waals surface area contributed by atoms with Crippen LogP contribution < -0.4 is 5.32 Å². The summed E-state index contributed by atoms with van der Waals surface area (Å²) in [5.74, 6) is 0.596. The van der Waals surface area contributed by atoms with Crippen LogP contribution in [0.5, 0.6) is 0 Å². The Balaban J connectivity index is 1.53. The van der Waals surface area contributed by atoms with E-state index in [2.05, 4.69) is 29.0 Å². The zero-order valence-electron chi connectivity index (χ0n) is 18.3. The highest BCUT2D eigenvalue weighted by molar-refractivity contribution is 7.89. The molecule has 168 valence electrons. The summed E-state index contributed by atoms with van der Waals surface area (Å²) in [4.78, 5) is 17.4. The second kappa shape index (κ2) is 10.7. The molecule has 0 unspecified atom stereocenters. The van der Waals surface area contributed by atoms with Crippen LogP contribution in [0, 0.1) is 5.92 Å². The predicted octanol–water partition coefficient (Wildman–Crippen LogP) is 1.75. The summed E-state index contributed by atoms with van der Waals surface area (Å²) in [7, 11) is -3.52. The Kier molecular flexibility index (Phi) is 8.27. The maximum atomic E-state index is 13.1. The number of hydrogen-bond donors (Lipinski definition) is 1. The van der Waals surface area contributed by atoms with E-state index in [4.69, 9.17) is 0 Å². The Bertz CT molecular complexity index is 798. The summed E-state index contributed by atoms with van der Waals surface area (Å²) in [6, 6.07) is 7.02. The molecule has 1 N–H and O–H groups in total. The van der Waals surface area contributed by atoms with Gasteiger partial charge in [-0.05, 0) is 30.4 Å². The molecule has 1 amide bonds. The lowest BCUT2D eigenvalue weighted by atomic mass is 10.2.